The van der Waals surface area contributed by atoms with Crippen LogP contribution in [0, 0.1) is 6.92 Å². The van der Waals surface area contributed by atoms with Crippen molar-refractivity contribution in [2.75, 3.05) is 10.6 Å². The van der Waals surface area contributed by atoms with E-state index in [1.807, 2.05) is 49.4 Å². The molecule has 0 radical (unpaired) electrons. The molecule has 2 N–H and O–H groups in total. The molecule has 1 heterocycles. The van der Waals surface area contributed by atoms with Gasteiger partial charge in [0.1, 0.15) is 0 Å². The zero-order valence-electron chi connectivity index (χ0n) is 11.2. The maximum absolute atomic E-state index is 6.00. The Bertz CT molecular complexity index is 781. The summed E-state index contributed by atoms with van der Waals surface area (Å²) in [4.78, 5) is 4.49. The van der Waals surface area contributed by atoms with E-state index in [9.17, 15) is 0 Å². The Labute approximate surface area is 137 Å². The molecule has 3 aromatic rings. The lowest BCUT2D eigenvalue weighted by Gasteiger charge is -2.11. The fourth-order valence-corrected chi connectivity index (χ4v) is 3.22. The van der Waals surface area contributed by atoms with Gasteiger partial charge in [-0.15, -0.1) is 0 Å². The highest BCUT2D eigenvalue weighted by molar-refractivity contribution is 7.80. The van der Waals surface area contributed by atoms with Crippen molar-refractivity contribution >= 4 is 61.3 Å². The molecule has 21 heavy (non-hydrogen) atoms. The van der Waals surface area contributed by atoms with Gasteiger partial charge >= 0.3 is 0 Å². The van der Waals surface area contributed by atoms with Gasteiger partial charge in [0.25, 0.3) is 0 Å². The predicted molar refractivity (Wildman–Crippen MR) is 95.7 cm³/mol. The standard InChI is InChI=1S/C15H12ClN3S2/c1-9-6-7-10(16)8-12(9)17-14(20)19-15-18-11-4-2-3-5-13(11)21-15/h2-8H,1H3,(H2,17,18,19,20). The summed E-state index contributed by atoms with van der Waals surface area (Å²) in [5.74, 6) is 0. The van der Waals surface area contributed by atoms with Gasteiger partial charge in [-0.1, -0.05) is 41.1 Å². The Balaban J connectivity index is 1.75. The predicted octanol–water partition coefficient (Wildman–Crippen LogP) is 5.07. The van der Waals surface area contributed by atoms with Crippen molar-refractivity contribution in [2.45, 2.75) is 6.92 Å². The van der Waals surface area contributed by atoms with Crippen LogP contribution >= 0.6 is 35.2 Å². The third-order valence-electron chi connectivity index (χ3n) is 2.96. The second-order valence-electron chi connectivity index (χ2n) is 4.53. The number of nitrogens with zero attached hydrogens (tertiary/aromatic N) is 1. The zero-order valence-corrected chi connectivity index (χ0v) is 13.6. The summed E-state index contributed by atoms with van der Waals surface area (Å²) in [6.45, 7) is 2.00. The summed E-state index contributed by atoms with van der Waals surface area (Å²) in [6.07, 6.45) is 0. The molecule has 3 nitrogen and oxygen atoms in total. The van der Waals surface area contributed by atoms with Crippen LogP contribution in [0.1, 0.15) is 5.56 Å². The summed E-state index contributed by atoms with van der Waals surface area (Å²) in [7, 11) is 0. The van der Waals surface area contributed by atoms with Gasteiger partial charge in [0.05, 0.1) is 10.2 Å². The normalized spacial score (nSPS) is 10.6. The molecule has 0 spiro atoms. The Morgan fingerprint density at radius 1 is 1.19 bits per heavy atom. The van der Waals surface area contributed by atoms with Crippen LogP contribution in [-0.2, 0) is 0 Å². The van der Waals surface area contributed by atoms with Gasteiger partial charge in [-0.05, 0) is 49.0 Å². The quantitative estimate of drug-likeness (QED) is 0.642. The van der Waals surface area contributed by atoms with Crippen molar-refractivity contribution in [1.82, 2.24) is 4.98 Å². The number of aromatic nitrogens is 1. The Kier molecular flexibility index (Phi) is 4.05. The number of hydrogen-bond acceptors (Lipinski definition) is 3. The molecule has 2 aromatic carbocycles. The molecule has 0 amide bonds. The molecule has 0 atom stereocenters. The number of para-hydroxylation sites is 1. The lowest BCUT2D eigenvalue weighted by Crippen LogP contribution is -2.19. The first-order valence-electron chi connectivity index (χ1n) is 6.31. The van der Waals surface area contributed by atoms with Crippen LogP contribution in [-0.4, -0.2) is 10.1 Å². The number of thiazole rings is 1. The van der Waals surface area contributed by atoms with Crippen molar-refractivity contribution in [3.8, 4) is 0 Å². The van der Waals surface area contributed by atoms with Crippen LogP contribution in [0.15, 0.2) is 42.5 Å². The van der Waals surface area contributed by atoms with Gasteiger partial charge in [-0.25, -0.2) is 4.98 Å². The van der Waals surface area contributed by atoms with Gasteiger partial charge in [-0.3, -0.25) is 0 Å². The van der Waals surface area contributed by atoms with E-state index in [1.54, 1.807) is 11.3 Å². The molecule has 0 aliphatic rings. The SMILES string of the molecule is Cc1ccc(Cl)cc1NC(=S)Nc1nc2ccccc2s1. The first-order valence-corrected chi connectivity index (χ1v) is 7.92. The van der Waals surface area contributed by atoms with E-state index in [0.717, 1.165) is 26.6 Å². The Hall–Kier alpha value is -1.69. The minimum absolute atomic E-state index is 0.499. The average molecular weight is 334 g/mol. The molecule has 1 aromatic heterocycles. The first-order chi connectivity index (χ1) is 10.1. The van der Waals surface area contributed by atoms with E-state index in [-0.39, 0.29) is 0 Å². The lowest BCUT2D eigenvalue weighted by atomic mass is 10.2. The smallest absolute Gasteiger partial charge is 0.190 e. The van der Waals surface area contributed by atoms with Crippen molar-refractivity contribution in [3.63, 3.8) is 0 Å². The van der Waals surface area contributed by atoms with E-state index in [2.05, 4.69) is 15.6 Å². The summed E-state index contributed by atoms with van der Waals surface area (Å²) >= 11 is 12.9. The topological polar surface area (TPSA) is 37.0 Å². The molecule has 0 bridgehead atoms. The second-order valence-corrected chi connectivity index (χ2v) is 6.40. The number of thiocarbonyl (C=S) groups is 1. The fourth-order valence-electron chi connectivity index (χ4n) is 1.91. The third kappa shape index (κ3) is 3.32. The Morgan fingerprint density at radius 2 is 2.00 bits per heavy atom. The van der Waals surface area contributed by atoms with Gasteiger partial charge < -0.3 is 10.6 Å². The molecular formula is C15H12ClN3S2. The van der Waals surface area contributed by atoms with Crippen molar-refractivity contribution < 1.29 is 0 Å². The number of halogens is 1. The van der Waals surface area contributed by atoms with Crippen LogP contribution in [0.2, 0.25) is 5.02 Å². The highest BCUT2D eigenvalue weighted by Gasteiger charge is 2.06. The summed E-state index contributed by atoms with van der Waals surface area (Å²) < 4.78 is 1.13. The molecule has 0 aliphatic heterocycles. The number of nitrogens with one attached hydrogen (secondary N) is 2. The number of anilines is 2. The van der Waals surface area contributed by atoms with Crippen molar-refractivity contribution in [3.05, 3.63) is 53.1 Å². The highest BCUT2D eigenvalue weighted by Crippen LogP contribution is 2.26. The van der Waals surface area contributed by atoms with Crippen LogP contribution in [0.3, 0.4) is 0 Å². The molecule has 6 heteroatoms. The number of fused-ring (bicyclic) bond motifs is 1. The fraction of sp³-hybridized carbons (Fsp3) is 0.0667. The van der Waals surface area contributed by atoms with Gasteiger partial charge in [0.2, 0.25) is 0 Å². The molecule has 106 valence electrons. The molecule has 0 aliphatic carbocycles. The zero-order chi connectivity index (χ0) is 14.8. The lowest BCUT2D eigenvalue weighted by molar-refractivity contribution is 1.44. The van der Waals surface area contributed by atoms with E-state index >= 15 is 0 Å². The number of rotatable bonds is 2. The molecule has 0 saturated carbocycles. The van der Waals surface area contributed by atoms with E-state index in [4.69, 9.17) is 23.8 Å². The van der Waals surface area contributed by atoms with Gasteiger partial charge in [-0.2, -0.15) is 0 Å². The molecular weight excluding hydrogens is 322 g/mol. The molecule has 0 saturated heterocycles. The van der Waals surface area contributed by atoms with E-state index < -0.39 is 0 Å². The molecule has 0 unspecified atom stereocenters. The van der Waals surface area contributed by atoms with Crippen molar-refractivity contribution in [1.29, 1.82) is 0 Å². The Morgan fingerprint density at radius 3 is 2.81 bits per heavy atom. The highest BCUT2D eigenvalue weighted by atomic mass is 35.5. The maximum Gasteiger partial charge on any atom is 0.190 e. The summed E-state index contributed by atoms with van der Waals surface area (Å²) in [6, 6.07) is 13.6. The minimum Gasteiger partial charge on any atom is -0.332 e. The van der Waals surface area contributed by atoms with E-state index in [0.29, 0.717) is 10.1 Å². The molecule has 3 rings (SSSR count). The second kappa shape index (κ2) is 5.97. The third-order valence-corrected chi connectivity index (χ3v) is 4.35. The van der Waals surface area contributed by atoms with Gasteiger partial charge in [0.15, 0.2) is 10.2 Å². The maximum atomic E-state index is 6.00. The van der Waals surface area contributed by atoms with Crippen LogP contribution < -0.4 is 10.6 Å². The number of aryl methyl sites for hydroxylation is 1. The minimum atomic E-state index is 0.499. The van der Waals surface area contributed by atoms with Crippen LogP contribution in [0.25, 0.3) is 10.2 Å². The number of hydrogen-bond donors (Lipinski definition) is 2. The largest absolute Gasteiger partial charge is 0.332 e. The van der Waals surface area contributed by atoms with E-state index in [1.165, 1.54) is 0 Å². The first kappa shape index (κ1) is 14.3. The van der Waals surface area contributed by atoms with Crippen LogP contribution in [0.4, 0.5) is 10.8 Å². The summed E-state index contributed by atoms with van der Waals surface area (Å²) in [5.41, 5.74) is 2.93. The monoisotopic (exact) mass is 333 g/mol. The average Bonchev–Trinajstić information content (AvgIpc) is 2.84. The van der Waals surface area contributed by atoms with Crippen molar-refractivity contribution in [2.24, 2.45) is 0 Å². The van der Waals surface area contributed by atoms with Gasteiger partial charge in [0, 0.05) is 10.7 Å². The summed E-state index contributed by atoms with van der Waals surface area (Å²) in [5, 5.41) is 8.20. The molecule has 0 fully saturated rings. The number of benzene rings is 2. The van der Waals surface area contributed by atoms with Crippen LogP contribution in [0.5, 0.6) is 0 Å².